The Morgan fingerprint density at radius 3 is 2.62 bits per heavy atom. The summed E-state index contributed by atoms with van der Waals surface area (Å²) in [6.07, 6.45) is 5.57. The van der Waals surface area contributed by atoms with Crippen LogP contribution in [0.3, 0.4) is 0 Å². The summed E-state index contributed by atoms with van der Waals surface area (Å²) in [4.78, 5) is 29.0. The Kier molecular flexibility index (Phi) is 5.01. The van der Waals surface area contributed by atoms with Crippen molar-refractivity contribution < 1.29 is 17.9 Å². The van der Waals surface area contributed by atoms with Crippen molar-refractivity contribution in [3.63, 3.8) is 0 Å². The number of aromatic nitrogens is 3. The predicted octanol–water partition coefficient (Wildman–Crippen LogP) is 1.11. The zero-order chi connectivity index (χ0) is 22.3. The van der Waals surface area contributed by atoms with E-state index in [9.17, 15) is 13.2 Å². The highest BCUT2D eigenvalue weighted by Gasteiger charge is 2.48. The Morgan fingerprint density at radius 1 is 1.12 bits per heavy atom. The zero-order valence-electron chi connectivity index (χ0n) is 17.4. The number of nitrogens with one attached hydrogen (secondary N) is 1. The molecule has 3 heterocycles. The highest BCUT2D eigenvalue weighted by atomic mass is 32.2. The number of rotatable bonds is 5. The molecule has 1 saturated carbocycles. The van der Waals surface area contributed by atoms with E-state index in [4.69, 9.17) is 9.88 Å². The van der Waals surface area contributed by atoms with Gasteiger partial charge in [-0.15, -0.1) is 0 Å². The van der Waals surface area contributed by atoms with Crippen molar-refractivity contribution in [3.8, 4) is 5.75 Å². The SMILES string of the molecule is NS(=O)(=O)c1ccc(OCC(=O)N2CCN(c3ncnc4[nH]ccc34)CC3(CC3)C2)cc1. The summed E-state index contributed by atoms with van der Waals surface area (Å²) in [6.45, 7) is 2.68. The molecule has 11 heteroatoms. The first kappa shape index (κ1) is 20.7. The minimum Gasteiger partial charge on any atom is -0.484 e. The number of ether oxygens (including phenoxy) is 1. The molecule has 10 nitrogen and oxygen atoms in total. The van der Waals surface area contributed by atoms with Gasteiger partial charge in [0.1, 0.15) is 23.5 Å². The van der Waals surface area contributed by atoms with Gasteiger partial charge in [0, 0.05) is 37.8 Å². The number of nitrogens with two attached hydrogens (primary N) is 1. The predicted molar refractivity (Wildman–Crippen MR) is 118 cm³/mol. The molecule has 1 spiro atoms. The van der Waals surface area contributed by atoms with Crippen LogP contribution in [-0.4, -0.2) is 67.0 Å². The van der Waals surface area contributed by atoms with E-state index in [2.05, 4.69) is 19.9 Å². The minimum absolute atomic E-state index is 0.000660. The second kappa shape index (κ2) is 7.75. The summed E-state index contributed by atoms with van der Waals surface area (Å²) >= 11 is 0. The first-order valence-electron chi connectivity index (χ1n) is 10.4. The van der Waals surface area contributed by atoms with Gasteiger partial charge in [0.15, 0.2) is 6.61 Å². The standard InChI is InChI=1S/C21H24N6O4S/c22-32(29,30)16-3-1-15(2-4-16)31-11-18(28)26-9-10-27(13-21(12-26)6-7-21)20-17-5-8-23-19(17)24-14-25-20/h1-5,8,14H,6-7,9-13H2,(H2,22,29,30)(H,23,24,25). The first-order valence-corrected chi connectivity index (χ1v) is 11.9. The third-order valence-corrected chi connectivity index (χ3v) is 7.08. The maximum Gasteiger partial charge on any atom is 0.260 e. The van der Waals surface area contributed by atoms with Crippen molar-refractivity contribution in [2.75, 3.05) is 37.7 Å². The van der Waals surface area contributed by atoms with Gasteiger partial charge in [-0.25, -0.2) is 23.5 Å². The van der Waals surface area contributed by atoms with E-state index in [-0.39, 0.29) is 22.8 Å². The van der Waals surface area contributed by atoms with Crippen LogP contribution in [0.5, 0.6) is 5.75 Å². The van der Waals surface area contributed by atoms with E-state index < -0.39 is 10.0 Å². The van der Waals surface area contributed by atoms with E-state index in [1.807, 2.05) is 17.2 Å². The summed E-state index contributed by atoms with van der Waals surface area (Å²) in [7, 11) is -3.76. The fraction of sp³-hybridized carbons (Fsp3) is 0.381. The lowest BCUT2D eigenvalue weighted by atomic mass is 10.1. The van der Waals surface area contributed by atoms with Crippen LogP contribution in [0.15, 0.2) is 47.8 Å². The Hall–Kier alpha value is -3.18. The molecule has 3 aromatic rings. The molecule has 2 aromatic heterocycles. The quantitative estimate of drug-likeness (QED) is 0.587. The molecule has 1 aliphatic heterocycles. The molecule has 2 aliphatic rings. The van der Waals surface area contributed by atoms with Crippen LogP contribution < -0.4 is 14.8 Å². The summed E-state index contributed by atoms with van der Waals surface area (Å²) in [5, 5.41) is 6.09. The Bertz CT molecular complexity index is 1250. The number of fused-ring (bicyclic) bond motifs is 1. The number of amides is 1. The Balaban J connectivity index is 1.26. The van der Waals surface area contributed by atoms with E-state index in [1.165, 1.54) is 24.3 Å². The van der Waals surface area contributed by atoms with E-state index in [0.717, 1.165) is 36.2 Å². The normalized spacial score (nSPS) is 18.0. The van der Waals surface area contributed by atoms with Crippen LogP contribution in [0.2, 0.25) is 0 Å². The molecule has 3 N–H and O–H groups in total. The fourth-order valence-electron chi connectivity index (χ4n) is 4.22. The van der Waals surface area contributed by atoms with E-state index >= 15 is 0 Å². The van der Waals surface area contributed by atoms with Crippen molar-refractivity contribution in [2.45, 2.75) is 17.7 Å². The van der Waals surface area contributed by atoms with Crippen LogP contribution in [0.1, 0.15) is 12.8 Å². The van der Waals surface area contributed by atoms with Gasteiger partial charge >= 0.3 is 0 Å². The molecule has 0 bridgehead atoms. The summed E-state index contributed by atoms with van der Waals surface area (Å²) in [6, 6.07) is 7.70. The number of primary sulfonamides is 1. The van der Waals surface area contributed by atoms with Crippen molar-refractivity contribution >= 4 is 32.8 Å². The molecule has 1 saturated heterocycles. The van der Waals surface area contributed by atoms with Crippen molar-refractivity contribution in [3.05, 3.63) is 42.9 Å². The molecule has 0 atom stereocenters. The van der Waals surface area contributed by atoms with Crippen molar-refractivity contribution in [1.29, 1.82) is 0 Å². The smallest absolute Gasteiger partial charge is 0.260 e. The van der Waals surface area contributed by atoms with Gasteiger partial charge in [0.05, 0.1) is 10.3 Å². The first-order chi connectivity index (χ1) is 15.3. The van der Waals surface area contributed by atoms with Crippen molar-refractivity contribution in [2.24, 2.45) is 10.6 Å². The van der Waals surface area contributed by atoms with E-state index in [0.29, 0.717) is 25.4 Å². The number of carbonyl (C=O) groups is 1. The van der Waals surface area contributed by atoms with Gasteiger partial charge in [-0.2, -0.15) is 0 Å². The third kappa shape index (κ3) is 4.13. The highest BCUT2D eigenvalue weighted by molar-refractivity contribution is 7.89. The van der Waals surface area contributed by atoms with Crippen LogP contribution in [0.4, 0.5) is 5.82 Å². The molecule has 1 aromatic carbocycles. The number of benzene rings is 1. The maximum absolute atomic E-state index is 12.9. The third-order valence-electron chi connectivity index (χ3n) is 6.15. The van der Waals surface area contributed by atoms with Gasteiger partial charge in [-0.05, 0) is 43.2 Å². The van der Waals surface area contributed by atoms with Crippen LogP contribution in [-0.2, 0) is 14.8 Å². The average Bonchev–Trinajstić information content (AvgIpc) is 3.41. The Labute approximate surface area is 185 Å². The van der Waals surface area contributed by atoms with Crippen molar-refractivity contribution in [1.82, 2.24) is 19.9 Å². The lowest BCUT2D eigenvalue weighted by Crippen LogP contribution is -2.39. The molecule has 1 aliphatic carbocycles. The number of aromatic amines is 1. The molecule has 2 fully saturated rings. The number of anilines is 1. The van der Waals surface area contributed by atoms with Crippen LogP contribution in [0.25, 0.3) is 11.0 Å². The topological polar surface area (TPSA) is 135 Å². The summed E-state index contributed by atoms with van der Waals surface area (Å²) in [5.74, 6) is 1.21. The average molecular weight is 457 g/mol. The van der Waals surface area contributed by atoms with E-state index in [1.54, 1.807) is 6.33 Å². The second-order valence-electron chi connectivity index (χ2n) is 8.48. The molecule has 0 unspecified atom stereocenters. The van der Waals surface area contributed by atoms with Gasteiger partial charge in [0.2, 0.25) is 10.0 Å². The summed E-state index contributed by atoms with van der Waals surface area (Å²) in [5.41, 5.74) is 0.885. The summed E-state index contributed by atoms with van der Waals surface area (Å²) < 4.78 is 28.3. The lowest BCUT2D eigenvalue weighted by molar-refractivity contribution is -0.133. The number of hydrogen-bond donors (Lipinski definition) is 2. The second-order valence-corrected chi connectivity index (χ2v) is 10.0. The number of carbonyl (C=O) groups excluding carboxylic acids is 1. The van der Waals surface area contributed by atoms with Gasteiger partial charge in [-0.1, -0.05) is 0 Å². The molecule has 168 valence electrons. The number of nitrogens with zero attached hydrogens (tertiary/aromatic N) is 4. The number of H-pyrrole nitrogens is 1. The molecule has 5 rings (SSSR count). The van der Waals surface area contributed by atoms with Gasteiger partial charge < -0.3 is 19.5 Å². The fourth-order valence-corrected chi connectivity index (χ4v) is 4.73. The molecular formula is C21H24N6O4S. The van der Waals surface area contributed by atoms with Gasteiger partial charge in [0.25, 0.3) is 5.91 Å². The molecule has 1 amide bonds. The lowest BCUT2D eigenvalue weighted by Gasteiger charge is -2.25. The number of sulfonamides is 1. The van der Waals surface area contributed by atoms with Crippen LogP contribution in [0, 0.1) is 5.41 Å². The van der Waals surface area contributed by atoms with Gasteiger partial charge in [-0.3, -0.25) is 4.79 Å². The largest absolute Gasteiger partial charge is 0.484 e. The monoisotopic (exact) mass is 456 g/mol. The molecule has 32 heavy (non-hydrogen) atoms. The van der Waals surface area contributed by atoms with Crippen LogP contribution >= 0.6 is 0 Å². The molecule has 0 radical (unpaired) electrons. The zero-order valence-corrected chi connectivity index (χ0v) is 18.2. The highest BCUT2D eigenvalue weighted by Crippen LogP contribution is 2.48. The maximum atomic E-state index is 12.9. The minimum atomic E-state index is -3.76. The molecular weight excluding hydrogens is 432 g/mol. The Morgan fingerprint density at radius 2 is 1.91 bits per heavy atom. The number of hydrogen-bond acceptors (Lipinski definition) is 7.